The maximum atomic E-state index is 13.2. The van der Waals surface area contributed by atoms with Crippen molar-refractivity contribution in [2.24, 2.45) is 0 Å². The summed E-state index contributed by atoms with van der Waals surface area (Å²) >= 11 is 5.60. The lowest BCUT2D eigenvalue weighted by atomic mass is 10.3. The lowest BCUT2D eigenvalue weighted by molar-refractivity contribution is 0.289. The number of hydrogen-bond acceptors (Lipinski definition) is 3. The SMILES string of the molecule is Fc1cc(OCCn2cc3c(n2)CNC3)ccc1Cl. The van der Waals surface area contributed by atoms with Crippen molar-refractivity contribution in [3.05, 3.63) is 46.5 Å². The first-order chi connectivity index (χ1) is 9.22. The average Bonchev–Trinajstić information content (AvgIpc) is 2.94. The summed E-state index contributed by atoms with van der Waals surface area (Å²) in [7, 11) is 0. The Labute approximate surface area is 115 Å². The zero-order chi connectivity index (χ0) is 13.2. The molecule has 2 heterocycles. The smallest absolute Gasteiger partial charge is 0.145 e. The monoisotopic (exact) mass is 281 g/mol. The van der Waals surface area contributed by atoms with Crippen molar-refractivity contribution < 1.29 is 9.13 Å². The minimum Gasteiger partial charge on any atom is -0.492 e. The molecule has 0 radical (unpaired) electrons. The van der Waals surface area contributed by atoms with Crippen molar-refractivity contribution in [3.63, 3.8) is 0 Å². The van der Waals surface area contributed by atoms with Gasteiger partial charge in [-0.3, -0.25) is 4.68 Å². The van der Waals surface area contributed by atoms with Crippen LogP contribution in [0.4, 0.5) is 4.39 Å². The summed E-state index contributed by atoms with van der Waals surface area (Å²) in [6.07, 6.45) is 2.02. The van der Waals surface area contributed by atoms with Crippen molar-refractivity contribution in [2.45, 2.75) is 19.6 Å². The van der Waals surface area contributed by atoms with Crippen LogP contribution < -0.4 is 10.1 Å². The molecule has 0 aliphatic carbocycles. The highest BCUT2D eigenvalue weighted by Crippen LogP contribution is 2.20. The van der Waals surface area contributed by atoms with Gasteiger partial charge in [0.15, 0.2) is 0 Å². The highest BCUT2D eigenvalue weighted by molar-refractivity contribution is 6.30. The molecule has 3 rings (SSSR count). The third kappa shape index (κ3) is 2.72. The van der Waals surface area contributed by atoms with Crippen molar-refractivity contribution in [1.82, 2.24) is 15.1 Å². The lowest BCUT2D eigenvalue weighted by Gasteiger charge is -2.07. The second kappa shape index (κ2) is 5.19. The van der Waals surface area contributed by atoms with E-state index < -0.39 is 5.82 Å². The van der Waals surface area contributed by atoms with Gasteiger partial charge in [0.05, 0.1) is 17.3 Å². The van der Waals surface area contributed by atoms with E-state index >= 15 is 0 Å². The van der Waals surface area contributed by atoms with Crippen LogP contribution in [0.25, 0.3) is 0 Å². The molecule has 0 spiro atoms. The van der Waals surface area contributed by atoms with Crippen molar-refractivity contribution in [2.75, 3.05) is 6.61 Å². The van der Waals surface area contributed by atoms with E-state index in [0.29, 0.717) is 18.9 Å². The summed E-state index contributed by atoms with van der Waals surface area (Å²) in [4.78, 5) is 0. The fourth-order valence-electron chi connectivity index (χ4n) is 2.05. The molecule has 0 atom stereocenters. The number of aromatic nitrogens is 2. The Morgan fingerprint density at radius 3 is 3.11 bits per heavy atom. The van der Waals surface area contributed by atoms with Gasteiger partial charge in [-0.1, -0.05) is 11.6 Å². The molecular weight excluding hydrogens is 269 g/mol. The van der Waals surface area contributed by atoms with E-state index in [0.717, 1.165) is 18.8 Å². The van der Waals surface area contributed by atoms with Crippen LogP contribution in [0.5, 0.6) is 5.75 Å². The Morgan fingerprint density at radius 2 is 2.32 bits per heavy atom. The van der Waals surface area contributed by atoms with E-state index in [-0.39, 0.29) is 5.02 Å². The molecule has 1 aromatic heterocycles. The first kappa shape index (κ1) is 12.4. The molecule has 1 aliphatic heterocycles. The topological polar surface area (TPSA) is 39.1 Å². The molecule has 0 saturated heterocycles. The van der Waals surface area contributed by atoms with Crippen LogP contribution in [0, 0.1) is 5.82 Å². The standard InChI is InChI=1S/C13H13ClFN3O/c14-11-2-1-10(5-12(11)15)19-4-3-18-8-9-6-16-7-13(9)17-18/h1-2,5,8,16H,3-4,6-7H2. The second-order valence-electron chi connectivity index (χ2n) is 4.39. The van der Waals surface area contributed by atoms with E-state index in [4.69, 9.17) is 16.3 Å². The third-order valence-corrected chi connectivity index (χ3v) is 3.32. The van der Waals surface area contributed by atoms with Gasteiger partial charge in [0.25, 0.3) is 0 Å². The molecule has 0 fully saturated rings. The van der Waals surface area contributed by atoms with Crippen LogP contribution in [-0.4, -0.2) is 16.4 Å². The molecule has 1 aliphatic rings. The van der Waals surface area contributed by atoms with Crippen molar-refractivity contribution in [3.8, 4) is 5.75 Å². The van der Waals surface area contributed by atoms with Crippen LogP contribution >= 0.6 is 11.6 Å². The average molecular weight is 282 g/mol. The molecule has 1 aromatic carbocycles. The lowest BCUT2D eigenvalue weighted by Crippen LogP contribution is -2.11. The van der Waals surface area contributed by atoms with Crippen molar-refractivity contribution >= 4 is 11.6 Å². The Kier molecular flexibility index (Phi) is 3.40. The number of ether oxygens (including phenoxy) is 1. The van der Waals surface area contributed by atoms with E-state index in [9.17, 15) is 4.39 Å². The van der Waals surface area contributed by atoms with E-state index in [1.807, 2.05) is 10.9 Å². The number of nitrogens with zero attached hydrogens (tertiary/aromatic N) is 2. The predicted octanol–water partition coefficient (Wildman–Crippen LogP) is 2.36. The summed E-state index contributed by atoms with van der Waals surface area (Å²) in [6.45, 7) is 2.77. The highest BCUT2D eigenvalue weighted by atomic mass is 35.5. The van der Waals surface area contributed by atoms with E-state index in [2.05, 4.69) is 10.4 Å². The zero-order valence-electron chi connectivity index (χ0n) is 10.2. The number of benzene rings is 1. The summed E-state index contributed by atoms with van der Waals surface area (Å²) in [6, 6.07) is 4.42. The van der Waals surface area contributed by atoms with Crippen molar-refractivity contribution in [1.29, 1.82) is 0 Å². The quantitative estimate of drug-likeness (QED) is 0.935. The molecule has 19 heavy (non-hydrogen) atoms. The van der Waals surface area contributed by atoms with Crippen LogP contribution in [0.1, 0.15) is 11.3 Å². The van der Waals surface area contributed by atoms with Crippen LogP contribution in [0.3, 0.4) is 0 Å². The van der Waals surface area contributed by atoms with Gasteiger partial charge in [0, 0.05) is 30.9 Å². The van der Waals surface area contributed by atoms with Crippen LogP contribution in [0.15, 0.2) is 24.4 Å². The minimum atomic E-state index is -0.469. The molecule has 1 N–H and O–H groups in total. The second-order valence-corrected chi connectivity index (χ2v) is 4.80. The summed E-state index contributed by atoms with van der Waals surface area (Å²) < 4.78 is 20.5. The molecule has 2 aromatic rings. The van der Waals surface area contributed by atoms with Gasteiger partial charge in [0.1, 0.15) is 18.2 Å². The Morgan fingerprint density at radius 1 is 1.42 bits per heavy atom. The van der Waals surface area contributed by atoms with Gasteiger partial charge >= 0.3 is 0 Å². The van der Waals surface area contributed by atoms with Crippen LogP contribution in [-0.2, 0) is 19.6 Å². The molecule has 6 heteroatoms. The highest BCUT2D eigenvalue weighted by Gasteiger charge is 2.14. The summed E-state index contributed by atoms with van der Waals surface area (Å²) in [5.41, 5.74) is 2.33. The number of fused-ring (bicyclic) bond motifs is 1. The Bertz CT molecular complexity index is 578. The first-order valence-electron chi connectivity index (χ1n) is 6.06. The Balaban J connectivity index is 1.56. The number of rotatable bonds is 4. The number of nitrogens with one attached hydrogen (secondary N) is 1. The summed E-state index contributed by atoms with van der Waals surface area (Å²) in [5.74, 6) is 0.00608. The van der Waals surface area contributed by atoms with Crippen LogP contribution in [0.2, 0.25) is 5.02 Å². The van der Waals surface area contributed by atoms with Gasteiger partial charge in [-0.2, -0.15) is 5.10 Å². The molecule has 0 bridgehead atoms. The van der Waals surface area contributed by atoms with Gasteiger partial charge in [-0.05, 0) is 12.1 Å². The normalized spacial score (nSPS) is 13.6. The minimum absolute atomic E-state index is 0.100. The fourth-order valence-corrected chi connectivity index (χ4v) is 2.17. The number of halogens is 2. The molecular formula is C13H13ClFN3O. The van der Waals surface area contributed by atoms with Gasteiger partial charge in [-0.25, -0.2) is 4.39 Å². The van der Waals surface area contributed by atoms with Gasteiger partial charge in [-0.15, -0.1) is 0 Å². The molecule has 0 amide bonds. The summed E-state index contributed by atoms with van der Waals surface area (Å²) in [5, 5.41) is 7.76. The first-order valence-corrected chi connectivity index (χ1v) is 6.44. The van der Waals surface area contributed by atoms with Gasteiger partial charge < -0.3 is 10.1 Å². The Hall–Kier alpha value is -1.59. The van der Waals surface area contributed by atoms with E-state index in [1.54, 1.807) is 6.07 Å². The molecule has 4 nitrogen and oxygen atoms in total. The fraction of sp³-hybridized carbons (Fsp3) is 0.308. The predicted molar refractivity (Wildman–Crippen MR) is 69.7 cm³/mol. The maximum absolute atomic E-state index is 13.2. The third-order valence-electron chi connectivity index (χ3n) is 3.01. The maximum Gasteiger partial charge on any atom is 0.145 e. The van der Waals surface area contributed by atoms with Gasteiger partial charge in [0.2, 0.25) is 0 Å². The molecule has 0 unspecified atom stereocenters. The molecule has 100 valence electrons. The molecule has 0 saturated carbocycles. The number of hydrogen-bond donors (Lipinski definition) is 1. The largest absolute Gasteiger partial charge is 0.492 e. The van der Waals surface area contributed by atoms with E-state index in [1.165, 1.54) is 17.7 Å². The zero-order valence-corrected chi connectivity index (χ0v) is 11.0.